The Morgan fingerprint density at radius 2 is 1.36 bits per heavy atom. The Morgan fingerprint density at radius 3 is 1.94 bits per heavy atom. The minimum atomic E-state index is -0.409. The van der Waals surface area contributed by atoms with E-state index in [0.29, 0.717) is 30.1 Å². The molecule has 0 saturated carbocycles. The van der Waals surface area contributed by atoms with Gasteiger partial charge >= 0.3 is 11.9 Å². The standard InChI is InChI=1S/C28H38O5/c1-5-31-27(29)24-11-13-25(14-12-24)28(30)33-20-18-23-9-15-26(16-10-23)32-19-17-22(4)8-6-7-21(2)3/h9-16,21-22H,5-8,17-20H2,1-4H3. The summed E-state index contributed by atoms with van der Waals surface area (Å²) in [6.45, 7) is 9.92. The van der Waals surface area contributed by atoms with E-state index in [1.165, 1.54) is 19.3 Å². The zero-order valence-corrected chi connectivity index (χ0v) is 20.5. The molecule has 0 aliphatic heterocycles. The molecule has 0 fully saturated rings. The lowest BCUT2D eigenvalue weighted by molar-refractivity contribution is 0.0500. The minimum Gasteiger partial charge on any atom is -0.494 e. The highest BCUT2D eigenvalue weighted by Crippen LogP contribution is 2.17. The molecule has 0 N–H and O–H groups in total. The molecule has 0 aliphatic rings. The highest BCUT2D eigenvalue weighted by molar-refractivity contribution is 5.93. The van der Waals surface area contributed by atoms with Crippen LogP contribution in [0.4, 0.5) is 0 Å². The molecular formula is C28H38O5. The summed E-state index contributed by atoms with van der Waals surface area (Å²) in [5.74, 6) is 1.51. The van der Waals surface area contributed by atoms with Crippen LogP contribution in [0.5, 0.6) is 5.75 Å². The first kappa shape index (κ1) is 26.4. The van der Waals surface area contributed by atoms with Gasteiger partial charge in [-0.3, -0.25) is 0 Å². The summed E-state index contributed by atoms with van der Waals surface area (Å²) in [6.07, 6.45) is 5.53. The molecule has 5 heteroatoms. The van der Waals surface area contributed by atoms with Gasteiger partial charge in [0.2, 0.25) is 0 Å². The Bertz CT molecular complexity index is 840. The lowest BCUT2D eigenvalue weighted by atomic mass is 9.98. The normalized spacial score (nSPS) is 11.8. The van der Waals surface area contributed by atoms with Crippen molar-refractivity contribution in [2.75, 3.05) is 19.8 Å². The molecule has 33 heavy (non-hydrogen) atoms. The van der Waals surface area contributed by atoms with Crippen molar-refractivity contribution in [3.8, 4) is 5.75 Å². The molecule has 2 rings (SSSR count). The average Bonchev–Trinajstić information content (AvgIpc) is 2.80. The molecule has 2 aromatic rings. The predicted octanol–water partition coefficient (Wildman–Crippen LogP) is 6.49. The molecule has 0 saturated heterocycles. The quantitative estimate of drug-likeness (QED) is 0.305. The third kappa shape index (κ3) is 10.1. The van der Waals surface area contributed by atoms with Crippen LogP contribution in [0.25, 0.3) is 0 Å². The number of carbonyl (C=O) groups excluding carboxylic acids is 2. The molecule has 2 aromatic carbocycles. The van der Waals surface area contributed by atoms with Gasteiger partial charge in [-0.1, -0.05) is 52.2 Å². The number of rotatable bonds is 14. The third-order valence-electron chi connectivity index (χ3n) is 5.54. The smallest absolute Gasteiger partial charge is 0.338 e. The van der Waals surface area contributed by atoms with Gasteiger partial charge in [-0.05, 0) is 67.1 Å². The summed E-state index contributed by atoms with van der Waals surface area (Å²) in [5, 5.41) is 0. The first-order chi connectivity index (χ1) is 15.9. The van der Waals surface area contributed by atoms with Crippen LogP contribution in [0, 0.1) is 11.8 Å². The fourth-order valence-electron chi connectivity index (χ4n) is 3.45. The van der Waals surface area contributed by atoms with Gasteiger partial charge in [-0.25, -0.2) is 9.59 Å². The molecule has 0 bridgehead atoms. The molecule has 1 atom stereocenters. The van der Waals surface area contributed by atoms with Gasteiger partial charge in [-0.15, -0.1) is 0 Å². The zero-order chi connectivity index (χ0) is 24.1. The van der Waals surface area contributed by atoms with Crippen LogP contribution in [0.3, 0.4) is 0 Å². The highest BCUT2D eigenvalue weighted by atomic mass is 16.5. The van der Waals surface area contributed by atoms with Crippen molar-refractivity contribution < 1.29 is 23.8 Å². The van der Waals surface area contributed by atoms with Gasteiger partial charge in [-0.2, -0.15) is 0 Å². The Kier molecular flexibility index (Phi) is 11.5. The maximum atomic E-state index is 12.2. The van der Waals surface area contributed by atoms with Crippen LogP contribution in [-0.4, -0.2) is 31.8 Å². The van der Waals surface area contributed by atoms with E-state index < -0.39 is 11.9 Å². The monoisotopic (exact) mass is 454 g/mol. The summed E-state index contributed by atoms with van der Waals surface area (Å²) in [7, 11) is 0. The van der Waals surface area contributed by atoms with E-state index in [0.717, 1.165) is 30.3 Å². The molecule has 0 heterocycles. The number of benzene rings is 2. The minimum absolute atomic E-state index is 0.284. The largest absolute Gasteiger partial charge is 0.494 e. The van der Waals surface area contributed by atoms with Gasteiger partial charge in [0.15, 0.2) is 0 Å². The maximum absolute atomic E-state index is 12.2. The average molecular weight is 455 g/mol. The zero-order valence-electron chi connectivity index (χ0n) is 20.5. The second-order valence-electron chi connectivity index (χ2n) is 8.89. The second kappa shape index (κ2) is 14.4. The lowest BCUT2D eigenvalue weighted by Gasteiger charge is -2.13. The third-order valence-corrected chi connectivity index (χ3v) is 5.54. The molecule has 0 amide bonds. The van der Waals surface area contributed by atoms with Gasteiger partial charge in [0, 0.05) is 6.42 Å². The van der Waals surface area contributed by atoms with Crippen LogP contribution >= 0.6 is 0 Å². The number of carbonyl (C=O) groups is 2. The number of ether oxygens (including phenoxy) is 3. The fraction of sp³-hybridized carbons (Fsp3) is 0.500. The molecule has 0 spiro atoms. The molecule has 0 aromatic heterocycles. The number of hydrogen-bond donors (Lipinski definition) is 0. The Labute approximate surface area is 198 Å². The summed E-state index contributed by atoms with van der Waals surface area (Å²) >= 11 is 0. The van der Waals surface area contributed by atoms with Crippen LogP contribution in [0.2, 0.25) is 0 Å². The molecule has 5 nitrogen and oxygen atoms in total. The molecule has 1 unspecified atom stereocenters. The summed E-state index contributed by atoms with van der Waals surface area (Å²) in [6, 6.07) is 14.2. The van der Waals surface area contributed by atoms with E-state index in [2.05, 4.69) is 20.8 Å². The first-order valence-corrected chi connectivity index (χ1v) is 12.0. The Balaban J connectivity index is 1.67. The topological polar surface area (TPSA) is 61.8 Å². The van der Waals surface area contributed by atoms with E-state index in [1.54, 1.807) is 31.2 Å². The SMILES string of the molecule is CCOC(=O)c1ccc(C(=O)OCCc2ccc(OCCC(C)CCCC(C)C)cc2)cc1. The Morgan fingerprint density at radius 1 is 0.758 bits per heavy atom. The van der Waals surface area contributed by atoms with Crippen LogP contribution in [-0.2, 0) is 15.9 Å². The Hall–Kier alpha value is -2.82. The summed E-state index contributed by atoms with van der Waals surface area (Å²) in [5.41, 5.74) is 1.90. The number of hydrogen-bond acceptors (Lipinski definition) is 5. The lowest BCUT2D eigenvalue weighted by Crippen LogP contribution is -2.09. The van der Waals surface area contributed by atoms with Crippen molar-refractivity contribution in [1.82, 2.24) is 0 Å². The molecule has 0 radical (unpaired) electrons. The summed E-state index contributed by atoms with van der Waals surface area (Å²) < 4.78 is 16.2. The molecule has 180 valence electrons. The second-order valence-corrected chi connectivity index (χ2v) is 8.89. The van der Waals surface area contributed by atoms with E-state index in [9.17, 15) is 9.59 Å². The molecule has 0 aliphatic carbocycles. The maximum Gasteiger partial charge on any atom is 0.338 e. The fourth-order valence-corrected chi connectivity index (χ4v) is 3.45. The van der Waals surface area contributed by atoms with Crippen molar-refractivity contribution in [3.63, 3.8) is 0 Å². The van der Waals surface area contributed by atoms with Crippen molar-refractivity contribution >= 4 is 11.9 Å². The van der Waals surface area contributed by atoms with Crippen molar-refractivity contribution in [2.45, 2.75) is 59.8 Å². The van der Waals surface area contributed by atoms with Gasteiger partial charge in [0.05, 0.1) is 30.9 Å². The van der Waals surface area contributed by atoms with E-state index in [-0.39, 0.29) is 6.61 Å². The van der Waals surface area contributed by atoms with E-state index >= 15 is 0 Å². The summed E-state index contributed by atoms with van der Waals surface area (Å²) in [4.78, 5) is 23.9. The van der Waals surface area contributed by atoms with Crippen LogP contribution in [0.15, 0.2) is 48.5 Å². The predicted molar refractivity (Wildman–Crippen MR) is 131 cm³/mol. The van der Waals surface area contributed by atoms with Crippen LogP contribution < -0.4 is 4.74 Å². The number of esters is 2. The van der Waals surface area contributed by atoms with Crippen molar-refractivity contribution in [2.24, 2.45) is 11.8 Å². The van der Waals surface area contributed by atoms with Gasteiger partial charge in [0.25, 0.3) is 0 Å². The van der Waals surface area contributed by atoms with Gasteiger partial charge < -0.3 is 14.2 Å². The van der Waals surface area contributed by atoms with Crippen molar-refractivity contribution in [3.05, 3.63) is 65.2 Å². The molecular weight excluding hydrogens is 416 g/mol. The van der Waals surface area contributed by atoms with E-state index in [4.69, 9.17) is 14.2 Å². The first-order valence-electron chi connectivity index (χ1n) is 12.0. The highest BCUT2D eigenvalue weighted by Gasteiger charge is 2.11. The van der Waals surface area contributed by atoms with Gasteiger partial charge in [0.1, 0.15) is 5.75 Å². The van der Waals surface area contributed by atoms with Crippen molar-refractivity contribution in [1.29, 1.82) is 0 Å². The van der Waals surface area contributed by atoms with Crippen LogP contribution in [0.1, 0.15) is 79.7 Å². The van der Waals surface area contributed by atoms with E-state index in [1.807, 2.05) is 24.3 Å².